The van der Waals surface area contributed by atoms with E-state index in [9.17, 15) is 23.2 Å². The fraction of sp³-hybridized carbons (Fsp3) is 0.160. The molecule has 0 spiro atoms. The second-order valence-electron chi connectivity index (χ2n) is 7.68. The second kappa shape index (κ2) is 9.70. The number of urea groups is 1. The van der Waals surface area contributed by atoms with Crippen LogP contribution in [0.25, 0.3) is 0 Å². The third-order valence-electron chi connectivity index (χ3n) is 5.45. The van der Waals surface area contributed by atoms with E-state index in [-0.39, 0.29) is 13.0 Å². The summed E-state index contributed by atoms with van der Waals surface area (Å²) >= 11 is 0. The predicted octanol–water partition coefficient (Wildman–Crippen LogP) is 4.34. The van der Waals surface area contributed by atoms with Crippen LogP contribution in [0.1, 0.15) is 12.0 Å². The van der Waals surface area contributed by atoms with Crippen molar-refractivity contribution in [2.75, 3.05) is 17.3 Å². The van der Waals surface area contributed by atoms with Crippen molar-refractivity contribution < 1.29 is 27.9 Å². The monoisotopic (exact) mass is 465 g/mol. The molecule has 0 bridgehead atoms. The molecule has 3 aromatic carbocycles. The topological polar surface area (TPSA) is 79.0 Å². The first-order valence-electron chi connectivity index (χ1n) is 10.4. The van der Waals surface area contributed by atoms with Gasteiger partial charge in [-0.1, -0.05) is 12.1 Å². The lowest BCUT2D eigenvalue weighted by atomic mass is 10.1. The van der Waals surface area contributed by atoms with Crippen LogP contribution in [0.3, 0.4) is 0 Å². The van der Waals surface area contributed by atoms with E-state index in [2.05, 4.69) is 5.32 Å². The van der Waals surface area contributed by atoms with Gasteiger partial charge in [0.15, 0.2) is 0 Å². The van der Waals surface area contributed by atoms with E-state index in [1.54, 1.807) is 24.3 Å². The first kappa shape index (κ1) is 22.9. The zero-order valence-corrected chi connectivity index (χ0v) is 18.2. The molecule has 1 fully saturated rings. The molecule has 3 aromatic rings. The van der Waals surface area contributed by atoms with Crippen LogP contribution in [0.5, 0.6) is 5.75 Å². The van der Waals surface area contributed by atoms with Crippen LogP contribution >= 0.6 is 0 Å². The average molecular weight is 465 g/mol. The van der Waals surface area contributed by atoms with Crippen LogP contribution in [0, 0.1) is 11.6 Å². The van der Waals surface area contributed by atoms with Crippen LogP contribution in [0.2, 0.25) is 0 Å². The van der Waals surface area contributed by atoms with Crippen molar-refractivity contribution in [3.63, 3.8) is 0 Å². The number of anilines is 2. The van der Waals surface area contributed by atoms with E-state index < -0.39 is 35.5 Å². The fourth-order valence-electron chi connectivity index (χ4n) is 3.70. The Morgan fingerprint density at radius 2 is 1.56 bits per heavy atom. The maximum atomic E-state index is 13.4. The molecule has 1 heterocycles. The number of ether oxygens (including phenoxy) is 1. The smallest absolute Gasteiger partial charge is 0.322 e. The summed E-state index contributed by atoms with van der Waals surface area (Å²) in [7, 11) is 1.50. The van der Waals surface area contributed by atoms with Gasteiger partial charge in [0.05, 0.1) is 19.2 Å². The Balaban J connectivity index is 1.62. The normalized spacial score (nSPS) is 15.4. The van der Waals surface area contributed by atoms with Crippen LogP contribution < -0.4 is 15.0 Å². The van der Waals surface area contributed by atoms with Crippen LogP contribution in [-0.2, 0) is 16.1 Å². The Bertz CT molecular complexity index is 1200. The van der Waals surface area contributed by atoms with Gasteiger partial charge in [-0.25, -0.2) is 18.5 Å². The summed E-state index contributed by atoms with van der Waals surface area (Å²) in [5, 5.41) is 2.63. The summed E-state index contributed by atoms with van der Waals surface area (Å²) in [6.07, 6.45) is -0.219. The minimum atomic E-state index is -1.08. The fourth-order valence-corrected chi connectivity index (χ4v) is 3.70. The molecular formula is C25H21F2N3O4. The Morgan fingerprint density at radius 3 is 2.15 bits per heavy atom. The molecule has 1 aliphatic heterocycles. The molecule has 0 unspecified atom stereocenters. The number of amides is 4. The molecule has 34 heavy (non-hydrogen) atoms. The van der Waals surface area contributed by atoms with Gasteiger partial charge in [-0.3, -0.25) is 9.59 Å². The van der Waals surface area contributed by atoms with Crippen molar-refractivity contribution in [1.29, 1.82) is 0 Å². The molecule has 1 saturated heterocycles. The molecule has 7 nitrogen and oxygen atoms in total. The molecule has 1 aliphatic rings. The van der Waals surface area contributed by atoms with Crippen molar-refractivity contribution in [2.45, 2.75) is 19.0 Å². The number of rotatable bonds is 6. The number of nitrogens with one attached hydrogen (secondary N) is 1. The number of methoxy groups -OCH3 is 1. The molecule has 1 atom stereocenters. The Morgan fingerprint density at radius 1 is 0.971 bits per heavy atom. The van der Waals surface area contributed by atoms with Gasteiger partial charge >= 0.3 is 6.03 Å². The van der Waals surface area contributed by atoms with Crippen molar-refractivity contribution >= 4 is 29.2 Å². The van der Waals surface area contributed by atoms with Gasteiger partial charge in [0.1, 0.15) is 23.4 Å². The second-order valence-corrected chi connectivity index (χ2v) is 7.68. The van der Waals surface area contributed by atoms with Crippen molar-refractivity contribution in [3.05, 3.63) is 90.0 Å². The number of halogens is 2. The van der Waals surface area contributed by atoms with Gasteiger partial charge in [-0.2, -0.15) is 0 Å². The largest absolute Gasteiger partial charge is 0.497 e. The molecule has 174 valence electrons. The summed E-state index contributed by atoms with van der Waals surface area (Å²) in [6, 6.07) is 15.3. The number of hydrogen-bond donors (Lipinski definition) is 1. The molecule has 0 aromatic heterocycles. The van der Waals surface area contributed by atoms with Crippen molar-refractivity contribution in [1.82, 2.24) is 4.90 Å². The summed E-state index contributed by atoms with van der Waals surface area (Å²) in [5.74, 6) is -1.36. The maximum Gasteiger partial charge on any atom is 0.322 e. The summed E-state index contributed by atoms with van der Waals surface area (Å²) in [4.78, 5) is 41.5. The van der Waals surface area contributed by atoms with E-state index in [0.717, 1.165) is 4.90 Å². The average Bonchev–Trinajstić information content (AvgIpc) is 3.13. The zero-order chi connectivity index (χ0) is 24.2. The third kappa shape index (κ3) is 4.88. The van der Waals surface area contributed by atoms with E-state index in [4.69, 9.17) is 4.74 Å². The van der Waals surface area contributed by atoms with Gasteiger partial charge in [-0.05, 0) is 66.2 Å². The first-order chi connectivity index (χ1) is 16.4. The number of imide groups is 1. The number of nitrogens with zero attached hydrogens (tertiary/aromatic N) is 2. The van der Waals surface area contributed by atoms with Gasteiger partial charge in [0, 0.05) is 12.2 Å². The molecule has 1 N–H and O–H groups in total. The van der Waals surface area contributed by atoms with Crippen molar-refractivity contribution in [3.8, 4) is 5.75 Å². The SMILES string of the molecule is COc1ccc(N2C(=O)C[C@H](N(Cc3ccc(F)cc3)C(=O)Nc3ccc(F)cc3)C2=O)cc1. The van der Waals surface area contributed by atoms with Gasteiger partial charge in [-0.15, -0.1) is 0 Å². The Labute approximate surface area is 194 Å². The highest BCUT2D eigenvalue weighted by Gasteiger charge is 2.44. The minimum Gasteiger partial charge on any atom is -0.497 e. The summed E-state index contributed by atoms with van der Waals surface area (Å²) in [6.45, 7) is -0.0482. The number of hydrogen-bond acceptors (Lipinski definition) is 4. The van der Waals surface area contributed by atoms with E-state index in [0.29, 0.717) is 22.7 Å². The van der Waals surface area contributed by atoms with E-state index >= 15 is 0 Å². The molecule has 0 radical (unpaired) electrons. The first-order valence-corrected chi connectivity index (χ1v) is 10.4. The third-order valence-corrected chi connectivity index (χ3v) is 5.45. The lowest BCUT2D eigenvalue weighted by Gasteiger charge is -2.28. The van der Waals surface area contributed by atoms with E-state index in [1.807, 2.05) is 0 Å². The van der Waals surface area contributed by atoms with Gasteiger partial charge in [0.2, 0.25) is 5.91 Å². The number of carbonyl (C=O) groups excluding carboxylic acids is 3. The zero-order valence-electron chi connectivity index (χ0n) is 18.2. The predicted molar refractivity (Wildman–Crippen MR) is 121 cm³/mol. The summed E-state index contributed by atoms with van der Waals surface area (Å²) in [5.41, 5.74) is 1.25. The standard InChI is InChI=1S/C25H21F2N3O4/c1-34-21-12-10-20(11-13-21)30-23(31)14-22(24(30)32)29(15-16-2-4-17(26)5-3-16)25(33)28-19-8-6-18(27)7-9-19/h2-13,22H,14-15H2,1H3,(H,28,33)/t22-/m0/s1. The molecular weight excluding hydrogens is 444 g/mol. The molecule has 0 aliphatic carbocycles. The van der Waals surface area contributed by atoms with Gasteiger partial charge in [0.25, 0.3) is 5.91 Å². The lowest BCUT2D eigenvalue weighted by Crippen LogP contribution is -2.46. The number of carbonyl (C=O) groups is 3. The molecule has 4 rings (SSSR count). The Kier molecular flexibility index (Phi) is 6.53. The molecule has 9 heteroatoms. The minimum absolute atomic E-state index is 0.0482. The highest BCUT2D eigenvalue weighted by atomic mass is 19.1. The molecule has 4 amide bonds. The number of benzene rings is 3. The quantitative estimate of drug-likeness (QED) is 0.550. The summed E-state index contributed by atoms with van der Waals surface area (Å²) < 4.78 is 31.7. The highest BCUT2D eigenvalue weighted by Crippen LogP contribution is 2.28. The maximum absolute atomic E-state index is 13.4. The van der Waals surface area contributed by atoms with E-state index in [1.165, 1.54) is 60.5 Å². The van der Waals surface area contributed by atoms with Gasteiger partial charge < -0.3 is 15.0 Å². The highest BCUT2D eigenvalue weighted by molar-refractivity contribution is 6.23. The van der Waals surface area contributed by atoms with Crippen LogP contribution in [-0.4, -0.2) is 35.9 Å². The van der Waals surface area contributed by atoms with Crippen LogP contribution in [0.4, 0.5) is 25.0 Å². The van der Waals surface area contributed by atoms with Crippen molar-refractivity contribution in [2.24, 2.45) is 0 Å². The molecule has 0 saturated carbocycles. The van der Waals surface area contributed by atoms with Crippen LogP contribution in [0.15, 0.2) is 72.8 Å². The lowest BCUT2D eigenvalue weighted by molar-refractivity contribution is -0.122. The Hall–Kier alpha value is -4.27.